The van der Waals surface area contributed by atoms with Crippen LogP contribution < -0.4 is 0 Å². The molecule has 1 atom stereocenters. The Kier molecular flexibility index (Phi) is 2.59. The Morgan fingerprint density at radius 2 is 1.88 bits per heavy atom. The highest BCUT2D eigenvalue weighted by Gasteiger charge is 2.36. The fraction of sp³-hybridized carbons (Fsp3) is 0.500. The molecular weight excluding hydrogens is 208 g/mol. The third-order valence-electron chi connectivity index (χ3n) is 4.48. The molecule has 0 heterocycles. The van der Waals surface area contributed by atoms with Gasteiger partial charge >= 0.3 is 0 Å². The SMILES string of the molecule is C=C1CCC(c2ccc(C3(O)CCC3)cc2)C1. The molecule has 2 saturated carbocycles. The second kappa shape index (κ2) is 3.99. The van der Waals surface area contributed by atoms with Crippen molar-refractivity contribution in [2.24, 2.45) is 0 Å². The van der Waals surface area contributed by atoms with Crippen LogP contribution >= 0.6 is 0 Å². The number of hydrogen-bond donors (Lipinski definition) is 1. The maximum absolute atomic E-state index is 10.3. The summed E-state index contributed by atoms with van der Waals surface area (Å²) < 4.78 is 0. The third-order valence-corrected chi connectivity index (χ3v) is 4.48. The number of benzene rings is 1. The first-order chi connectivity index (χ1) is 8.17. The van der Waals surface area contributed by atoms with Crippen molar-refractivity contribution in [3.63, 3.8) is 0 Å². The molecule has 2 aliphatic carbocycles. The van der Waals surface area contributed by atoms with Crippen molar-refractivity contribution < 1.29 is 5.11 Å². The first-order valence-corrected chi connectivity index (χ1v) is 6.67. The monoisotopic (exact) mass is 228 g/mol. The Morgan fingerprint density at radius 3 is 2.35 bits per heavy atom. The largest absolute Gasteiger partial charge is 0.385 e. The Balaban J connectivity index is 1.78. The first-order valence-electron chi connectivity index (χ1n) is 6.67. The molecule has 0 radical (unpaired) electrons. The standard InChI is InChI=1S/C16H20O/c1-12-3-4-14(11-12)13-5-7-15(8-6-13)16(17)9-2-10-16/h5-8,14,17H,1-4,9-11H2. The molecule has 1 unspecified atom stereocenters. The lowest BCUT2D eigenvalue weighted by Crippen LogP contribution is -2.33. The fourth-order valence-corrected chi connectivity index (χ4v) is 3.08. The summed E-state index contributed by atoms with van der Waals surface area (Å²) in [6.07, 6.45) is 6.56. The van der Waals surface area contributed by atoms with Gasteiger partial charge in [0.05, 0.1) is 5.60 Å². The number of hydrogen-bond acceptors (Lipinski definition) is 1. The molecule has 90 valence electrons. The normalized spacial score (nSPS) is 26.9. The van der Waals surface area contributed by atoms with Crippen molar-refractivity contribution >= 4 is 0 Å². The van der Waals surface area contributed by atoms with E-state index in [2.05, 4.69) is 30.8 Å². The summed E-state index contributed by atoms with van der Waals surface area (Å²) in [6.45, 7) is 4.07. The van der Waals surface area contributed by atoms with Crippen molar-refractivity contribution in [1.82, 2.24) is 0 Å². The maximum atomic E-state index is 10.3. The van der Waals surface area contributed by atoms with Gasteiger partial charge in [0, 0.05) is 0 Å². The van der Waals surface area contributed by atoms with E-state index in [1.807, 2.05) is 0 Å². The molecule has 2 aliphatic rings. The summed E-state index contributed by atoms with van der Waals surface area (Å²) in [4.78, 5) is 0. The van der Waals surface area contributed by atoms with Crippen LogP contribution in [0.5, 0.6) is 0 Å². The first kappa shape index (κ1) is 11.0. The van der Waals surface area contributed by atoms with Gasteiger partial charge in [-0.25, -0.2) is 0 Å². The molecule has 2 fully saturated rings. The van der Waals surface area contributed by atoms with Crippen LogP contribution in [0, 0.1) is 0 Å². The lowest BCUT2D eigenvalue weighted by molar-refractivity contribution is -0.0388. The predicted molar refractivity (Wildman–Crippen MR) is 69.9 cm³/mol. The smallest absolute Gasteiger partial charge is 0.0896 e. The molecule has 0 saturated heterocycles. The zero-order valence-electron chi connectivity index (χ0n) is 10.3. The Bertz CT molecular complexity index is 425. The van der Waals surface area contributed by atoms with Crippen LogP contribution in [0.2, 0.25) is 0 Å². The molecule has 0 aromatic heterocycles. The summed E-state index contributed by atoms with van der Waals surface area (Å²) in [5, 5.41) is 10.3. The van der Waals surface area contributed by atoms with Gasteiger partial charge in [0.25, 0.3) is 0 Å². The molecule has 1 heteroatoms. The molecular formula is C16H20O. The highest BCUT2D eigenvalue weighted by Crippen LogP contribution is 2.42. The van der Waals surface area contributed by atoms with Crippen LogP contribution in [0.3, 0.4) is 0 Å². The van der Waals surface area contributed by atoms with Gasteiger partial charge in [-0.2, -0.15) is 0 Å². The van der Waals surface area contributed by atoms with Crippen molar-refractivity contribution in [2.75, 3.05) is 0 Å². The van der Waals surface area contributed by atoms with E-state index >= 15 is 0 Å². The lowest BCUT2D eigenvalue weighted by Gasteiger charge is -2.37. The van der Waals surface area contributed by atoms with Gasteiger partial charge in [-0.1, -0.05) is 36.4 Å². The van der Waals surface area contributed by atoms with E-state index in [0.717, 1.165) is 31.2 Å². The third kappa shape index (κ3) is 1.93. The average molecular weight is 228 g/mol. The number of rotatable bonds is 2. The quantitative estimate of drug-likeness (QED) is 0.762. The van der Waals surface area contributed by atoms with Crippen molar-refractivity contribution in [3.05, 3.63) is 47.5 Å². The van der Waals surface area contributed by atoms with Gasteiger partial charge in [0.2, 0.25) is 0 Å². The highest BCUT2D eigenvalue weighted by molar-refractivity contribution is 5.32. The minimum absolute atomic E-state index is 0.516. The number of aliphatic hydroxyl groups is 1. The summed E-state index contributed by atoms with van der Waals surface area (Å²) in [6, 6.07) is 8.65. The van der Waals surface area contributed by atoms with E-state index in [0.29, 0.717) is 5.92 Å². The summed E-state index contributed by atoms with van der Waals surface area (Å²) in [7, 11) is 0. The molecule has 1 nitrogen and oxygen atoms in total. The Hall–Kier alpha value is -1.08. The minimum Gasteiger partial charge on any atom is -0.385 e. The molecule has 0 aliphatic heterocycles. The maximum Gasteiger partial charge on any atom is 0.0896 e. The van der Waals surface area contributed by atoms with Gasteiger partial charge in [-0.3, -0.25) is 0 Å². The van der Waals surface area contributed by atoms with Crippen LogP contribution in [-0.2, 0) is 5.60 Å². The van der Waals surface area contributed by atoms with Crippen LogP contribution in [0.1, 0.15) is 55.6 Å². The average Bonchev–Trinajstić information content (AvgIpc) is 2.73. The van der Waals surface area contributed by atoms with Gasteiger partial charge in [0.1, 0.15) is 0 Å². The zero-order valence-corrected chi connectivity index (χ0v) is 10.3. The van der Waals surface area contributed by atoms with Crippen molar-refractivity contribution in [3.8, 4) is 0 Å². The van der Waals surface area contributed by atoms with Crippen molar-refractivity contribution in [2.45, 2.75) is 50.0 Å². The van der Waals surface area contributed by atoms with Crippen LogP contribution in [-0.4, -0.2) is 5.11 Å². The summed E-state index contributed by atoms with van der Waals surface area (Å²) in [5.41, 5.74) is 3.38. The lowest BCUT2D eigenvalue weighted by atomic mass is 9.75. The predicted octanol–water partition coefficient (Wildman–Crippen LogP) is 3.88. The van der Waals surface area contributed by atoms with E-state index in [-0.39, 0.29) is 0 Å². The summed E-state index contributed by atoms with van der Waals surface area (Å²) >= 11 is 0. The Labute approximate surface area is 103 Å². The van der Waals surface area contributed by atoms with Crippen LogP contribution in [0.4, 0.5) is 0 Å². The molecule has 3 rings (SSSR count). The number of allylic oxidation sites excluding steroid dienone is 1. The van der Waals surface area contributed by atoms with Crippen LogP contribution in [0.25, 0.3) is 0 Å². The molecule has 0 bridgehead atoms. The molecule has 1 aromatic carbocycles. The van der Waals surface area contributed by atoms with E-state index in [1.165, 1.54) is 24.0 Å². The fourth-order valence-electron chi connectivity index (χ4n) is 3.08. The highest BCUT2D eigenvalue weighted by atomic mass is 16.3. The van der Waals surface area contributed by atoms with Crippen LogP contribution in [0.15, 0.2) is 36.4 Å². The molecule has 17 heavy (non-hydrogen) atoms. The molecule has 1 aromatic rings. The van der Waals surface area contributed by atoms with E-state index in [4.69, 9.17) is 0 Å². The molecule has 0 amide bonds. The second-order valence-corrected chi connectivity index (χ2v) is 5.70. The van der Waals surface area contributed by atoms with Gasteiger partial charge in [-0.15, -0.1) is 0 Å². The van der Waals surface area contributed by atoms with E-state index in [9.17, 15) is 5.11 Å². The van der Waals surface area contributed by atoms with Crippen molar-refractivity contribution in [1.29, 1.82) is 0 Å². The Morgan fingerprint density at radius 1 is 1.18 bits per heavy atom. The topological polar surface area (TPSA) is 20.2 Å². The molecule has 1 N–H and O–H groups in total. The van der Waals surface area contributed by atoms with E-state index < -0.39 is 5.60 Å². The van der Waals surface area contributed by atoms with Gasteiger partial charge in [0.15, 0.2) is 0 Å². The zero-order chi connectivity index (χ0) is 11.9. The van der Waals surface area contributed by atoms with E-state index in [1.54, 1.807) is 0 Å². The molecule has 0 spiro atoms. The minimum atomic E-state index is -0.516. The van der Waals surface area contributed by atoms with Gasteiger partial charge < -0.3 is 5.11 Å². The second-order valence-electron chi connectivity index (χ2n) is 5.70. The van der Waals surface area contributed by atoms with Gasteiger partial charge in [-0.05, 0) is 55.6 Å². The summed E-state index contributed by atoms with van der Waals surface area (Å²) in [5.74, 6) is 0.660.